The molecule has 3 heterocycles. The van der Waals surface area contributed by atoms with Gasteiger partial charge in [0.1, 0.15) is 17.0 Å². The van der Waals surface area contributed by atoms with E-state index in [4.69, 9.17) is 4.42 Å². The van der Waals surface area contributed by atoms with Crippen molar-refractivity contribution >= 4 is 33.3 Å². The predicted octanol–water partition coefficient (Wildman–Crippen LogP) is 4.72. The second-order valence-electron chi connectivity index (χ2n) is 4.90. The van der Waals surface area contributed by atoms with Gasteiger partial charge < -0.3 is 4.42 Å². The maximum absolute atomic E-state index is 5.49. The van der Waals surface area contributed by atoms with Crippen molar-refractivity contribution in [1.82, 2.24) is 9.97 Å². The third-order valence-corrected chi connectivity index (χ3v) is 4.48. The molecular formula is C17H13N3OS. The van der Waals surface area contributed by atoms with E-state index >= 15 is 0 Å². The Balaban J connectivity index is 1.94. The van der Waals surface area contributed by atoms with E-state index in [0.717, 1.165) is 33.0 Å². The van der Waals surface area contributed by atoms with Gasteiger partial charge in [-0.05, 0) is 11.6 Å². The first-order valence-electron chi connectivity index (χ1n) is 6.89. The molecule has 0 saturated carbocycles. The number of anilines is 2. The lowest BCUT2D eigenvalue weighted by molar-refractivity contribution is 0.569. The molecule has 4 nitrogen and oxygen atoms in total. The Morgan fingerprint density at radius 3 is 2.68 bits per heavy atom. The summed E-state index contributed by atoms with van der Waals surface area (Å²) in [6.07, 6.45) is 3.26. The van der Waals surface area contributed by atoms with Crippen LogP contribution in [0.5, 0.6) is 0 Å². The normalized spacial score (nSPS) is 11.0. The zero-order chi connectivity index (χ0) is 14.9. The Hall–Kier alpha value is -2.66. The fraction of sp³-hybridized carbons (Fsp3) is 0.0588. The van der Waals surface area contributed by atoms with E-state index in [1.54, 1.807) is 23.9 Å². The van der Waals surface area contributed by atoms with Crippen molar-refractivity contribution < 1.29 is 4.42 Å². The second-order valence-corrected chi connectivity index (χ2v) is 5.76. The van der Waals surface area contributed by atoms with Crippen LogP contribution in [0.2, 0.25) is 0 Å². The van der Waals surface area contributed by atoms with Crippen molar-refractivity contribution in [2.75, 3.05) is 11.9 Å². The second kappa shape index (κ2) is 5.27. The van der Waals surface area contributed by atoms with Crippen LogP contribution in [0.25, 0.3) is 21.3 Å². The molecule has 5 heteroatoms. The fourth-order valence-corrected chi connectivity index (χ4v) is 3.42. The number of thiophene rings is 1. The summed E-state index contributed by atoms with van der Waals surface area (Å²) >= 11 is 1.63. The molecule has 0 unspecified atom stereocenters. The molecule has 0 saturated heterocycles. The molecule has 0 aliphatic carbocycles. The maximum atomic E-state index is 5.49. The topological polar surface area (TPSA) is 42.2 Å². The van der Waals surface area contributed by atoms with Gasteiger partial charge in [-0.1, -0.05) is 30.3 Å². The Kier molecular flexibility index (Phi) is 3.12. The van der Waals surface area contributed by atoms with Gasteiger partial charge in [0.2, 0.25) is 5.88 Å². The van der Waals surface area contributed by atoms with Gasteiger partial charge in [-0.15, -0.1) is 11.3 Å². The Morgan fingerprint density at radius 2 is 1.91 bits per heavy atom. The summed E-state index contributed by atoms with van der Waals surface area (Å²) in [5, 5.41) is 3.19. The maximum Gasteiger partial charge on any atom is 0.200 e. The first-order valence-corrected chi connectivity index (χ1v) is 7.77. The molecule has 0 aliphatic rings. The highest BCUT2D eigenvalue weighted by atomic mass is 32.1. The predicted molar refractivity (Wildman–Crippen MR) is 89.6 cm³/mol. The summed E-state index contributed by atoms with van der Waals surface area (Å²) in [7, 11) is 1.95. The van der Waals surface area contributed by atoms with Gasteiger partial charge in [-0.2, -0.15) is 0 Å². The minimum absolute atomic E-state index is 0.755. The largest absolute Gasteiger partial charge is 0.448 e. The van der Waals surface area contributed by atoms with E-state index in [2.05, 4.69) is 27.5 Å². The number of rotatable bonds is 3. The van der Waals surface area contributed by atoms with Gasteiger partial charge in [-0.3, -0.25) is 4.90 Å². The Bertz CT molecular complexity index is 900. The van der Waals surface area contributed by atoms with E-state index in [1.165, 1.54) is 0 Å². The van der Waals surface area contributed by atoms with Crippen LogP contribution >= 0.6 is 11.3 Å². The summed E-state index contributed by atoms with van der Waals surface area (Å²) in [4.78, 5) is 11.8. The Morgan fingerprint density at radius 1 is 1.05 bits per heavy atom. The minimum atomic E-state index is 0.755. The van der Waals surface area contributed by atoms with Gasteiger partial charge >= 0.3 is 0 Å². The molecule has 3 aromatic heterocycles. The molecule has 4 aromatic rings. The molecule has 1 aromatic carbocycles. The van der Waals surface area contributed by atoms with E-state index in [0.29, 0.717) is 0 Å². The number of furan rings is 1. The van der Waals surface area contributed by atoms with E-state index < -0.39 is 0 Å². The first kappa shape index (κ1) is 13.0. The van der Waals surface area contributed by atoms with Gasteiger partial charge in [-0.25, -0.2) is 9.97 Å². The van der Waals surface area contributed by atoms with Crippen LogP contribution in [-0.2, 0) is 0 Å². The molecule has 22 heavy (non-hydrogen) atoms. The molecular weight excluding hydrogens is 294 g/mol. The molecule has 0 bridgehead atoms. The SMILES string of the molecule is CN(c1ccco1)c1ncnc2scc(-c3ccccc3)c12. The standard InChI is InChI=1S/C17H13N3OS/c1-20(14-8-5-9-21-14)16-15-13(12-6-3-2-4-7-12)10-22-17(15)19-11-18-16/h2-11H,1H3. The monoisotopic (exact) mass is 307 g/mol. The van der Waals surface area contributed by atoms with Crippen molar-refractivity contribution in [3.05, 3.63) is 60.4 Å². The van der Waals surface area contributed by atoms with E-state index in [-0.39, 0.29) is 0 Å². The molecule has 0 spiro atoms. The van der Waals surface area contributed by atoms with Crippen molar-refractivity contribution in [1.29, 1.82) is 0 Å². The van der Waals surface area contributed by atoms with Crippen LogP contribution in [0, 0.1) is 0 Å². The third kappa shape index (κ3) is 2.07. The molecule has 0 N–H and O–H groups in total. The highest BCUT2D eigenvalue weighted by molar-refractivity contribution is 7.17. The first-order chi connectivity index (χ1) is 10.8. The van der Waals surface area contributed by atoms with Crippen molar-refractivity contribution in [3.63, 3.8) is 0 Å². The van der Waals surface area contributed by atoms with Crippen LogP contribution in [-0.4, -0.2) is 17.0 Å². The summed E-state index contributed by atoms with van der Waals surface area (Å²) in [5.74, 6) is 1.60. The third-order valence-electron chi connectivity index (χ3n) is 3.59. The van der Waals surface area contributed by atoms with Crippen molar-refractivity contribution in [2.24, 2.45) is 0 Å². The lowest BCUT2D eigenvalue weighted by atomic mass is 10.1. The molecule has 108 valence electrons. The quantitative estimate of drug-likeness (QED) is 0.549. The lowest BCUT2D eigenvalue weighted by Crippen LogP contribution is -2.10. The van der Waals surface area contributed by atoms with Crippen LogP contribution in [0.4, 0.5) is 11.7 Å². The summed E-state index contributed by atoms with van der Waals surface area (Å²) in [6.45, 7) is 0. The Labute approximate surface area is 131 Å². The minimum Gasteiger partial charge on any atom is -0.448 e. The zero-order valence-corrected chi connectivity index (χ0v) is 12.7. The molecule has 4 rings (SSSR count). The van der Waals surface area contributed by atoms with Gasteiger partial charge in [0, 0.05) is 24.1 Å². The number of hydrogen-bond acceptors (Lipinski definition) is 5. The molecule has 0 radical (unpaired) electrons. The molecule has 0 amide bonds. The highest BCUT2D eigenvalue weighted by Gasteiger charge is 2.17. The number of benzene rings is 1. The lowest BCUT2D eigenvalue weighted by Gasteiger charge is -2.16. The van der Waals surface area contributed by atoms with Crippen LogP contribution in [0.15, 0.2) is 64.9 Å². The van der Waals surface area contributed by atoms with E-state index in [1.807, 2.05) is 42.3 Å². The summed E-state index contributed by atoms with van der Waals surface area (Å²) in [5.41, 5.74) is 2.31. The molecule has 0 aliphatic heterocycles. The van der Waals surface area contributed by atoms with Crippen LogP contribution < -0.4 is 4.90 Å². The van der Waals surface area contributed by atoms with Gasteiger partial charge in [0.05, 0.1) is 11.6 Å². The number of aromatic nitrogens is 2. The average Bonchev–Trinajstić information content (AvgIpc) is 3.24. The zero-order valence-electron chi connectivity index (χ0n) is 11.9. The van der Waals surface area contributed by atoms with Crippen LogP contribution in [0.1, 0.15) is 0 Å². The summed E-state index contributed by atoms with van der Waals surface area (Å²) in [6, 6.07) is 14.1. The van der Waals surface area contributed by atoms with Gasteiger partial charge in [0.15, 0.2) is 0 Å². The summed E-state index contributed by atoms with van der Waals surface area (Å²) < 4.78 is 5.49. The fourth-order valence-electron chi connectivity index (χ4n) is 2.51. The van der Waals surface area contributed by atoms with Crippen LogP contribution in [0.3, 0.4) is 0 Å². The number of fused-ring (bicyclic) bond motifs is 1. The number of hydrogen-bond donors (Lipinski definition) is 0. The van der Waals surface area contributed by atoms with Gasteiger partial charge in [0.25, 0.3) is 0 Å². The highest BCUT2D eigenvalue weighted by Crippen LogP contribution is 2.39. The number of nitrogens with zero attached hydrogens (tertiary/aromatic N) is 3. The van der Waals surface area contributed by atoms with E-state index in [9.17, 15) is 0 Å². The molecule has 0 atom stereocenters. The van der Waals surface area contributed by atoms with Crippen molar-refractivity contribution in [2.45, 2.75) is 0 Å². The van der Waals surface area contributed by atoms with Crippen molar-refractivity contribution in [3.8, 4) is 11.1 Å². The molecule has 0 fully saturated rings. The average molecular weight is 307 g/mol. The smallest absolute Gasteiger partial charge is 0.200 e.